The molecule has 0 fully saturated rings. The molecule has 1 aromatic carbocycles. The van der Waals surface area contributed by atoms with E-state index < -0.39 is 15.7 Å². The zero-order chi connectivity index (χ0) is 24.9. The van der Waals surface area contributed by atoms with Crippen LogP contribution < -0.4 is 15.7 Å². The van der Waals surface area contributed by atoms with E-state index in [1.807, 2.05) is 20.8 Å². The maximum atomic E-state index is 13.0. The van der Waals surface area contributed by atoms with Gasteiger partial charge in [-0.15, -0.1) is 23.1 Å². The second kappa shape index (κ2) is 11.4. The van der Waals surface area contributed by atoms with Crippen molar-refractivity contribution in [3.05, 3.63) is 50.9 Å². The van der Waals surface area contributed by atoms with Gasteiger partial charge in [-0.25, -0.2) is 13.2 Å². The quantitative estimate of drug-likeness (QED) is 0.288. The monoisotopic (exact) mass is 522 g/mol. The zero-order valence-corrected chi connectivity index (χ0v) is 22.3. The molecule has 0 aliphatic carbocycles. The Morgan fingerprint density at radius 2 is 1.85 bits per heavy atom. The Hall–Kier alpha value is -2.37. The Bertz CT molecular complexity index is 1280. The highest BCUT2D eigenvalue weighted by atomic mass is 32.2. The molecule has 2 N–H and O–H groups in total. The Morgan fingerprint density at radius 1 is 1.15 bits per heavy atom. The first-order valence-electron chi connectivity index (χ1n) is 11.2. The maximum Gasteiger partial charge on any atom is 0.354 e. The molecule has 0 atom stereocenters. The van der Waals surface area contributed by atoms with Crippen molar-refractivity contribution in [2.75, 3.05) is 17.0 Å². The number of rotatable bonds is 11. The van der Waals surface area contributed by atoms with Crippen LogP contribution >= 0.6 is 23.1 Å². The van der Waals surface area contributed by atoms with Crippen LogP contribution in [0.1, 0.15) is 48.7 Å². The normalized spacial score (nSPS) is 11.6. The van der Waals surface area contributed by atoms with Crippen molar-refractivity contribution in [3.8, 4) is 5.69 Å². The van der Waals surface area contributed by atoms with Crippen molar-refractivity contribution in [1.82, 2.24) is 14.9 Å². The van der Waals surface area contributed by atoms with E-state index in [1.54, 1.807) is 12.1 Å². The molecule has 0 unspecified atom stereocenters. The summed E-state index contributed by atoms with van der Waals surface area (Å²) in [4.78, 5) is 29.7. The van der Waals surface area contributed by atoms with Crippen LogP contribution in [0.3, 0.4) is 0 Å². The first-order chi connectivity index (χ1) is 16.1. The lowest BCUT2D eigenvalue weighted by atomic mass is 10.2. The van der Waals surface area contributed by atoms with Crippen molar-refractivity contribution in [2.24, 2.45) is 0 Å². The fourth-order valence-corrected chi connectivity index (χ4v) is 6.73. The van der Waals surface area contributed by atoms with E-state index in [4.69, 9.17) is 0 Å². The van der Waals surface area contributed by atoms with Gasteiger partial charge in [0.2, 0.25) is 5.91 Å². The Labute approximate surface area is 208 Å². The van der Waals surface area contributed by atoms with Gasteiger partial charge in [0.05, 0.1) is 9.10 Å². The van der Waals surface area contributed by atoms with Gasteiger partial charge in [0, 0.05) is 29.3 Å². The lowest BCUT2D eigenvalue weighted by Crippen LogP contribution is -2.25. The summed E-state index contributed by atoms with van der Waals surface area (Å²) in [6, 6.07) is 6.47. The van der Waals surface area contributed by atoms with Crippen LogP contribution in [0.25, 0.3) is 5.69 Å². The molecule has 2 heterocycles. The average Bonchev–Trinajstić information content (AvgIpc) is 3.10. The number of carbonyl (C=O) groups is 1. The molecule has 3 rings (SSSR count). The van der Waals surface area contributed by atoms with E-state index in [9.17, 15) is 18.0 Å². The van der Waals surface area contributed by atoms with E-state index in [2.05, 4.69) is 21.9 Å². The summed E-state index contributed by atoms with van der Waals surface area (Å²) in [6.07, 6.45) is 3.49. The smallest absolute Gasteiger partial charge is 0.354 e. The lowest BCUT2D eigenvalue weighted by Gasteiger charge is -2.16. The molecule has 8 nitrogen and oxygen atoms in total. The van der Waals surface area contributed by atoms with Gasteiger partial charge in [0.15, 0.2) is 5.82 Å². The van der Waals surface area contributed by atoms with Crippen LogP contribution in [0.5, 0.6) is 0 Å². The molecular formula is C23H30N4O4S3. The number of thioether (sulfide) groups is 1. The van der Waals surface area contributed by atoms with Gasteiger partial charge >= 0.3 is 5.69 Å². The predicted molar refractivity (Wildman–Crippen MR) is 138 cm³/mol. The molecule has 2 aliphatic heterocycles. The number of hydrogen-bond donors (Lipinski definition) is 2. The van der Waals surface area contributed by atoms with Crippen LogP contribution in [0.2, 0.25) is 0 Å². The van der Waals surface area contributed by atoms with Gasteiger partial charge in [-0.3, -0.25) is 14.1 Å². The molecule has 0 saturated heterocycles. The zero-order valence-electron chi connectivity index (χ0n) is 19.8. The van der Waals surface area contributed by atoms with E-state index >= 15 is 0 Å². The van der Waals surface area contributed by atoms with Gasteiger partial charge < -0.3 is 5.32 Å². The molecule has 0 bridgehead atoms. The van der Waals surface area contributed by atoms with Crippen molar-refractivity contribution in [3.63, 3.8) is 0 Å². The number of fused-ring (bicyclic) bond motifs is 1. The maximum absolute atomic E-state index is 13.0. The minimum atomic E-state index is -3.92. The number of imidazole rings is 1. The number of anilines is 1. The van der Waals surface area contributed by atoms with Gasteiger partial charge in [0.25, 0.3) is 10.0 Å². The summed E-state index contributed by atoms with van der Waals surface area (Å²) in [6.45, 7) is 8.17. The highest BCUT2D eigenvalue weighted by molar-refractivity contribution is 8.01. The summed E-state index contributed by atoms with van der Waals surface area (Å²) in [5.41, 5.74) is 1.56. The third kappa shape index (κ3) is 6.19. The molecule has 2 aliphatic rings. The third-order valence-corrected chi connectivity index (χ3v) is 9.16. The van der Waals surface area contributed by atoms with Crippen molar-refractivity contribution < 1.29 is 13.2 Å². The molecule has 0 aromatic heterocycles. The van der Waals surface area contributed by atoms with Crippen LogP contribution in [0.4, 0.5) is 5.82 Å². The van der Waals surface area contributed by atoms with E-state index in [0.717, 1.165) is 33.9 Å². The molecule has 11 heteroatoms. The summed E-state index contributed by atoms with van der Waals surface area (Å²) >= 11 is 2.94. The van der Waals surface area contributed by atoms with Gasteiger partial charge in [-0.05, 0) is 39.3 Å². The molecule has 0 saturated carbocycles. The van der Waals surface area contributed by atoms with Crippen molar-refractivity contribution in [2.45, 2.75) is 62.5 Å². The summed E-state index contributed by atoms with van der Waals surface area (Å²) in [7, 11) is -3.92. The number of aromatic nitrogens is 2. The summed E-state index contributed by atoms with van der Waals surface area (Å²) < 4.78 is 30.6. The Kier molecular flexibility index (Phi) is 8.78. The second-order valence-corrected chi connectivity index (χ2v) is 12.3. The van der Waals surface area contributed by atoms with Crippen LogP contribution in [0, 0.1) is 20.8 Å². The topological polar surface area (TPSA) is 110 Å². The minimum absolute atomic E-state index is 0.0102. The molecule has 34 heavy (non-hydrogen) atoms. The van der Waals surface area contributed by atoms with Gasteiger partial charge in [-0.2, -0.15) is 4.98 Å². The number of amides is 1. The highest BCUT2D eigenvalue weighted by Crippen LogP contribution is 2.38. The summed E-state index contributed by atoms with van der Waals surface area (Å²) in [5.74, 6) is 0.620. The molecule has 1 amide bonds. The number of nitrogens with one attached hydrogen (secondary N) is 2. The molecular weight excluding hydrogens is 492 g/mol. The predicted octanol–water partition coefficient (Wildman–Crippen LogP) is 4.25. The first-order valence-corrected chi connectivity index (χ1v) is 14.4. The van der Waals surface area contributed by atoms with Crippen LogP contribution in [-0.4, -0.2) is 36.2 Å². The third-order valence-electron chi connectivity index (χ3n) is 5.36. The Morgan fingerprint density at radius 3 is 2.53 bits per heavy atom. The number of benzene rings is 1. The molecule has 0 radical (unpaired) electrons. The largest absolute Gasteiger partial charge is 0.355 e. The number of nitrogens with zero attached hydrogens (tertiary/aromatic N) is 2. The van der Waals surface area contributed by atoms with E-state index in [0.29, 0.717) is 30.1 Å². The fourth-order valence-electron chi connectivity index (χ4n) is 3.35. The number of aryl methyl sites for hydroxylation is 2. The van der Waals surface area contributed by atoms with Crippen LogP contribution in [-0.2, 0) is 14.8 Å². The first kappa shape index (κ1) is 26.2. The minimum Gasteiger partial charge on any atom is -0.355 e. The molecule has 1 aromatic rings. The van der Waals surface area contributed by atoms with Crippen LogP contribution in [0.15, 0.2) is 38.2 Å². The van der Waals surface area contributed by atoms with Crippen molar-refractivity contribution in [1.29, 1.82) is 0 Å². The average molecular weight is 523 g/mol. The SMILES string of the molecule is CCCCCC(=O)NCCSc1sc(C)c(C)n2c(=O)nc(NS(=O)(=O)c3ccc(C)cc3)c1-2. The standard InChI is InChI=1S/C23H30N4O4S3/c1-5-6-7-8-19(28)24-13-14-32-22-20-21(25-23(29)27(20)16(3)17(4)33-22)26-34(30,31)18-11-9-15(2)10-12-18/h9-12H,5-8,13-14H2,1-4H3,(H,24,28)(H,25,26,29). The fraction of sp³-hybridized carbons (Fsp3) is 0.435. The van der Waals surface area contributed by atoms with E-state index in [1.165, 1.54) is 39.8 Å². The Balaban J connectivity index is 1.83. The molecule has 184 valence electrons. The second-order valence-electron chi connectivity index (χ2n) is 8.03. The number of unbranched alkanes of at least 4 members (excludes halogenated alkanes) is 2. The number of sulfonamides is 1. The van der Waals surface area contributed by atoms with Crippen molar-refractivity contribution >= 4 is 44.8 Å². The number of hydrogen-bond acceptors (Lipinski definition) is 7. The van der Waals surface area contributed by atoms with Gasteiger partial charge in [0.1, 0.15) is 5.69 Å². The summed E-state index contributed by atoms with van der Waals surface area (Å²) in [5, 5.41) is 2.92. The van der Waals surface area contributed by atoms with Gasteiger partial charge in [-0.1, -0.05) is 37.5 Å². The van der Waals surface area contributed by atoms with E-state index in [-0.39, 0.29) is 16.6 Å². The number of carbonyl (C=O) groups excluding carboxylic acids is 1. The highest BCUT2D eigenvalue weighted by Gasteiger charge is 2.26. The lowest BCUT2D eigenvalue weighted by molar-refractivity contribution is -0.121. The molecule has 0 spiro atoms.